The molecule has 4 nitrogen and oxygen atoms in total. The third-order valence-electron chi connectivity index (χ3n) is 3.91. The van der Waals surface area contributed by atoms with Crippen LogP contribution < -0.4 is 15.4 Å². The van der Waals surface area contributed by atoms with Gasteiger partial charge in [0.1, 0.15) is 5.75 Å². The Hall–Kier alpha value is -0.630. The van der Waals surface area contributed by atoms with Gasteiger partial charge in [-0.15, -0.1) is 24.0 Å². The number of aliphatic imine (C=N–C) groups is 1. The maximum atomic E-state index is 5.66. The highest BCUT2D eigenvalue weighted by atomic mass is 127. The second kappa shape index (κ2) is 10.4. The molecule has 1 heterocycles. The van der Waals surface area contributed by atoms with Crippen molar-refractivity contribution >= 4 is 41.7 Å². The highest BCUT2D eigenvalue weighted by molar-refractivity contribution is 14.0. The van der Waals surface area contributed by atoms with Crippen LogP contribution in [-0.2, 0) is 6.54 Å². The van der Waals surface area contributed by atoms with Gasteiger partial charge in [0.2, 0.25) is 0 Å². The third kappa shape index (κ3) is 7.09. The van der Waals surface area contributed by atoms with Gasteiger partial charge in [-0.1, -0.05) is 12.1 Å². The summed E-state index contributed by atoms with van der Waals surface area (Å²) in [5.74, 6) is 3.05. The summed E-state index contributed by atoms with van der Waals surface area (Å²) in [6.45, 7) is 8.12. The molecule has 1 aromatic carbocycles. The Labute approximate surface area is 167 Å². The molecule has 1 aliphatic rings. The molecule has 24 heavy (non-hydrogen) atoms. The van der Waals surface area contributed by atoms with Crippen LogP contribution in [0, 0.1) is 0 Å². The average Bonchev–Trinajstić information content (AvgIpc) is 2.95. The number of halogens is 1. The van der Waals surface area contributed by atoms with Gasteiger partial charge in [-0.2, -0.15) is 11.8 Å². The maximum Gasteiger partial charge on any atom is 0.191 e. The maximum absolute atomic E-state index is 5.66. The first-order valence-corrected chi connectivity index (χ1v) is 9.33. The third-order valence-corrected chi connectivity index (χ3v) is 5.45. The van der Waals surface area contributed by atoms with E-state index in [9.17, 15) is 0 Å². The van der Waals surface area contributed by atoms with Crippen molar-refractivity contribution in [2.45, 2.75) is 51.0 Å². The van der Waals surface area contributed by atoms with Gasteiger partial charge in [0.15, 0.2) is 5.96 Å². The Balaban J connectivity index is 0.00000288. The SMILES string of the molecule is CN=C(NCc1ccc(OC(C)C)cc1)NCC1(C)CCCS1.I. The van der Waals surface area contributed by atoms with E-state index in [2.05, 4.69) is 46.4 Å². The number of nitrogens with zero attached hydrogens (tertiary/aromatic N) is 1. The lowest BCUT2D eigenvalue weighted by Gasteiger charge is -2.24. The first kappa shape index (κ1) is 21.4. The van der Waals surface area contributed by atoms with E-state index < -0.39 is 0 Å². The standard InChI is InChI=1S/C18H29N3OS.HI/c1-14(2)22-16-8-6-15(7-9-16)12-20-17(19-4)21-13-18(3)10-5-11-23-18;/h6-9,14H,5,10-13H2,1-4H3,(H2,19,20,21);1H. The van der Waals surface area contributed by atoms with Crippen LogP contribution in [0.5, 0.6) is 5.75 Å². The van der Waals surface area contributed by atoms with Crippen molar-refractivity contribution in [2.24, 2.45) is 4.99 Å². The second-order valence-electron chi connectivity index (χ2n) is 6.49. The van der Waals surface area contributed by atoms with Gasteiger partial charge in [0.25, 0.3) is 0 Å². The predicted molar refractivity (Wildman–Crippen MR) is 116 cm³/mol. The summed E-state index contributed by atoms with van der Waals surface area (Å²) in [5, 5.41) is 6.83. The van der Waals surface area contributed by atoms with E-state index in [1.165, 1.54) is 24.2 Å². The fourth-order valence-corrected chi connectivity index (χ4v) is 3.86. The summed E-state index contributed by atoms with van der Waals surface area (Å²) < 4.78 is 6.00. The highest BCUT2D eigenvalue weighted by Gasteiger charge is 2.29. The molecule has 0 amide bonds. The Morgan fingerprint density at radius 2 is 2.00 bits per heavy atom. The Bertz CT molecular complexity index is 514. The van der Waals surface area contributed by atoms with E-state index in [-0.39, 0.29) is 30.1 Å². The molecular weight excluding hydrogens is 433 g/mol. The number of guanidine groups is 1. The van der Waals surface area contributed by atoms with Crippen molar-refractivity contribution in [3.63, 3.8) is 0 Å². The minimum atomic E-state index is 0. The first-order valence-electron chi connectivity index (χ1n) is 8.35. The van der Waals surface area contributed by atoms with Crippen LogP contribution in [0.2, 0.25) is 0 Å². The lowest BCUT2D eigenvalue weighted by atomic mass is 10.1. The summed E-state index contributed by atoms with van der Waals surface area (Å²) in [4.78, 5) is 4.31. The largest absolute Gasteiger partial charge is 0.491 e. The van der Waals surface area contributed by atoms with Crippen LogP contribution in [0.1, 0.15) is 39.2 Å². The molecule has 0 radical (unpaired) electrons. The van der Waals surface area contributed by atoms with Crippen molar-refractivity contribution < 1.29 is 4.74 Å². The lowest BCUT2D eigenvalue weighted by Crippen LogP contribution is -2.43. The lowest BCUT2D eigenvalue weighted by molar-refractivity contribution is 0.242. The predicted octanol–water partition coefficient (Wildman–Crippen LogP) is 4.04. The van der Waals surface area contributed by atoms with Crippen molar-refractivity contribution in [3.8, 4) is 5.75 Å². The molecule has 2 rings (SSSR count). The second-order valence-corrected chi connectivity index (χ2v) is 8.17. The van der Waals surface area contributed by atoms with E-state index in [0.29, 0.717) is 4.75 Å². The van der Waals surface area contributed by atoms with Crippen LogP contribution in [0.25, 0.3) is 0 Å². The van der Waals surface area contributed by atoms with Gasteiger partial charge in [-0.05, 0) is 57.1 Å². The summed E-state index contributed by atoms with van der Waals surface area (Å²) in [6.07, 6.45) is 2.80. The van der Waals surface area contributed by atoms with E-state index in [4.69, 9.17) is 4.74 Å². The molecule has 0 bridgehead atoms. The normalized spacial score (nSPS) is 20.6. The molecular formula is C18H30IN3OS. The van der Waals surface area contributed by atoms with Crippen LogP contribution in [0.15, 0.2) is 29.3 Å². The summed E-state index contributed by atoms with van der Waals surface area (Å²) in [5.41, 5.74) is 1.21. The van der Waals surface area contributed by atoms with Crippen molar-refractivity contribution in [1.82, 2.24) is 10.6 Å². The molecule has 0 saturated carbocycles. The van der Waals surface area contributed by atoms with Gasteiger partial charge in [-0.25, -0.2) is 0 Å². The van der Waals surface area contributed by atoms with E-state index >= 15 is 0 Å². The monoisotopic (exact) mass is 463 g/mol. The van der Waals surface area contributed by atoms with Crippen LogP contribution in [0.4, 0.5) is 0 Å². The number of rotatable bonds is 6. The Morgan fingerprint density at radius 3 is 2.54 bits per heavy atom. The first-order chi connectivity index (χ1) is 11.0. The van der Waals surface area contributed by atoms with Gasteiger partial charge >= 0.3 is 0 Å². The number of ether oxygens (including phenoxy) is 1. The molecule has 1 unspecified atom stereocenters. The summed E-state index contributed by atoms with van der Waals surface area (Å²) >= 11 is 2.06. The molecule has 2 N–H and O–H groups in total. The molecule has 0 aliphatic carbocycles. The molecule has 6 heteroatoms. The minimum Gasteiger partial charge on any atom is -0.491 e. The fraction of sp³-hybridized carbons (Fsp3) is 0.611. The van der Waals surface area contributed by atoms with E-state index in [0.717, 1.165) is 24.8 Å². The molecule has 1 aliphatic heterocycles. The number of thioether (sulfide) groups is 1. The zero-order chi connectivity index (χ0) is 16.7. The minimum absolute atomic E-state index is 0. The number of hydrogen-bond acceptors (Lipinski definition) is 3. The number of nitrogens with one attached hydrogen (secondary N) is 2. The van der Waals surface area contributed by atoms with Gasteiger partial charge in [-0.3, -0.25) is 4.99 Å². The molecule has 1 saturated heterocycles. The van der Waals surface area contributed by atoms with Crippen LogP contribution in [-0.4, -0.2) is 36.2 Å². The van der Waals surface area contributed by atoms with Gasteiger partial charge in [0.05, 0.1) is 6.10 Å². The zero-order valence-electron chi connectivity index (χ0n) is 15.1. The molecule has 0 aromatic heterocycles. The molecule has 1 fully saturated rings. The average molecular weight is 463 g/mol. The topological polar surface area (TPSA) is 45.7 Å². The fourth-order valence-electron chi connectivity index (χ4n) is 2.61. The number of benzene rings is 1. The summed E-state index contributed by atoms with van der Waals surface area (Å²) in [7, 11) is 1.82. The molecule has 0 spiro atoms. The Morgan fingerprint density at radius 1 is 1.29 bits per heavy atom. The quantitative estimate of drug-likeness (QED) is 0.380. The van der Waals surface area contributed by atoms with Gasteiger partial charge < -0.3 is 15.4 Å². The molecule has 136 valence electrons. The zero-order valence-corrected chi connectivity index (χ0v) is 18.2. The molecule has 1 atom stereocenters. The van der Waals surface area contributed by atoms with E-state index in [1.807, 2.05) is 33.0 Å². The summed E-state index contributed by atoms with van der Waals surface area (Å²) in [6, 6.07) is 8.21. The van der Waals surface area contributed by atoms with Crippen LogP contribution in [0.3, 0.4) is 0 Å². The van der Waals surface area contributed by atoms with Gasteiger partial charge in [0, 0.05) is 24.9 Å². The Kier molecular flexibility index (Phi) is 9.26. The van der Waals surface area contributed by atoms with Crippen molar-refractivity contribution in [1.29, 1.82) is 0 Å². The van der Waals surface area contributed by atoms with Crippen LogP contribution >= 0.6 is 35.7 Å². The highest BCUT2D eigenvalue weighted by Crippen LogP contribution is 2.36. The number of hydrogen-bond donors (Lipinski definition) is 2. The smallest absolute Gasteiger partial charge is 0.191 e. The van der Waals surface area contributed by atoms with Crippen molar-refractivity contribution in [3.05, 3.63) is 29.8 Å². The van der Waals surface area contributed by atoms with Crippen molar-refractivity contribution in [2.75, 3.05) is 19.3 Å². The van der Waals surface area contributed by atoms with E-state index in [1.54, 1.807) is 0 Å². The molecule has 1 aromatic rings.